The monoisotopic (exact) mass is 391 g/mol. The van der Waals surface area contributed by atoms with E-state index in [1.54, 1.807) is 14.2 Å². The highest BCUT2D eigenvalue weighted by Crippen LogP contribution is 2.22. The highest BCUT2D eigenvalue weighted by molar-refractivity contribution is 5.85. The van der Waals surface area contributed by atoms with Crippen LogP contribution in [0.2, 0.25) is 0 Å². The molecule has 29 heavy (non-hydrogen) atoms. The van der Waals surface area contributed by atoms with Crippen LogP contribution in [0.4, 0.5) is 5.82 Å². The number of aliphatic imine (C=N–C) groups is 1. The lowest BCUT2D eigenvalue weighted by Gasteiger charge is -2.17. The first-order valence-electron chi connectivity index (χ1n) is 9.74. The molecule has 0 aliphatic carbocycles. The fourth-order valence-electron chi connectivity index (χ4n) is 3.12. The summed E-state index contributed by atoms with van der Waals surface area (Å²) in [5.41, 5.74) is 3.44. The van der Waals surface area contributed by atoms with Gasteiger partial charge < -0.3 is 20.3 Å². The van der Waals surface area contributed by atoms with Gasteiger partial charge in [-0.1, -0.05) is 30.3 Å². The minimum absolute atomic E-state index is 0.673. The van der Waals surface area contributed by atoms with Crippen LogP contribution < -0.4 is 20.3 Å². The molecule has 0 saturated heterocycles. The molecule has 0 unspecified atom stereocenters. The number of methoxy groups -OCH3 is 1. The molecule has 2 N–H and O–H groups in total. The lowest BCUT2D eigenvalue weighted by atomic mass is 10.1. The number of anilines is 1. The van der Waals surface area contributed by atoms with Gasteiger partial charge in [0, 0.05) is 39.6 Å². The second kappa shape index (κ2) is 9.78. The number of ether oxygens (including phenoxy) is 1. The largest absolute Gasteiger partial charge is 0.497 e. The van der Waals surface area contributed by atoms with Crippen LogP contribution in [0.1, 0.15) is 11.1 Å². The second-order valence-corrected chi connectivity index (χ2v) is 7.00. The van der Waals surface area contributed by atoms with Crippen molar-refractivity contribution in [1.29, 1.82) is 0 Å². The fraction of sp³-hybridized carbons (Fsp3) is 0.304. The number of nitrogens with one attached hydrogen (secondary N) is 2. The molecule has 0 atom stereocenters. The highest BCUT2D eigenvalue weighted by Gasteiger charge is 2.08. The number of fused-ring (bicyclic) bond motifs is 1. The van der Waals surface area contributed by atoms with Gasteiger partial charge in [-0.2, -0.15) is 0 Å². The van der Waals surface area contributed by atoms with Gasteiger partial charge in [-0.25, -0.2) is 4.98 Å². The summed E-state index contributed by atoms with van der Waals surface area (Å²) in [6.45, 7) is 1.47. The number of para-hydroxylation sites is 1. The Morgan fingerprint density at radius 2 is 1.83 bits per heavy atom. The smallest absolute Gasteiger partial charge is 0.191 e. The van der Waals surface area contributed by atoms with E-state index >= 15 is 0 Å². The highest BCUT2D eigenvalue weighted by atomic mass is 16.5. The van der Waals surface area contributed by atoms with Crippen molar-refractivity contribution < 1.29 is 4.74 Å². The quantitative estimate of drug-likeness (QED) is 0.478. The first-order chi connectivity index (χ1) is 14.1. The van der Waals surface area contributed by atoms with Crippen LogP contribution in [0.5, 0.6) is 5.75 Å². The maximum absolute atomic E-state index is 5.20. The zero-order valence-corrected chi connectivity index (χ0v) is 17.6. The second-order valence-electron chi connectivity index (χ2n) is 7.00. The Kier molecular flexibility index (Phi) is 6.89. The number of hydrogen-bond acceptors (Lipinski definition) is 4. The molecule has 0 bridgehead atoms. The Hall–Kier alpha value is -3.28. The van der Waals surface area contributed by atoms with E-state index in [0.717, 1.165) is 41.4 Å². The van der Waals surface area contributed by atoms with Crippen molar-refractivity contribution in [2.45, 2.75) is 13.0 Å². The molecule has 6 nitrogen and oxygen atoms in total. The van der Waals surface area contributed by atoms with E-state index in [-0.39, 0.29) is 0 Å². The number of rotatable bonds is 7. The Bertz CT molecular complexity index is 967. The first kappa shape index (κ1) is 20.5. The van der Waals surface area contributed by atoms with Gasteiger partial charge in [-0.15, -0.1) is 0 Å². The summed E-state index contributed by atoms with van der Waals surface area (Å²) < 4.78 is 5.20. The average Bonchev–Trinajstić information content (AvgIpc) is 2.76. The standard InChI is InChI=1S/C23H29N5O/c1-24-23(25-14-13-17-9-11-19(29-4)12-10-17)26-16-18-15-22(28(2)3)27-21-8-6-5-7-20(18)21/h5-12,15H,13-14,16H2,1-4H3,(H2,24,25,26). The summed E-state index contributed by atoms with van der Waals surface area (Å²) in [6, 6.07) is 18.5. The van der Waals surface area contributed by atoms with Crippen LogP contribution in [-0.2, 0) is 13.0 Å². The molecule has 6 heteroatoms. The third-order valence-electron chi connectivity index (χ3n) is 4.78. The van der Waals surface area contributed by atoms with Crippen molar-refractivity contribution in [3.63, 3.8) is 0 Å². The maximum atomic E-state index is 5.20. The lowest BCUT2D eigenvalue weighted by Crippen LogP contribution is -2.37. The molecule has 3 aromatic rings. The van der Waals surface area contributed by atoms with E-state index in [0.29, 0.717) is 6.54 Å². The zero-order chi connectivity index (χ0) is 20.6. The molecule has 0 radical (unpaired) electrons. The molecular weight excluding hydrogens is 362 g/mol. The Balaban J connectivity index is 1.61. The van der Waals surface area contributed by atoms with E-state index < -0.39 is 0 Å². The molecule has 0 fully saturated rings. The third-order valence-corrected chi connectivity index (χ3v) is 4.78. The number of aromatic nitrogens is 1. The van der Waals surface area contributed by atoms with Crippen molar-refractivity contribution in [1.82, 2.24) is 15.6 Å². The minimum atomic E-state index is 0.673. The molecule has 0 aliphatic heterocycles. The predicted molar refractivity (Wildman–Crippen MR) is 121 cm³/mol. The van der Waals surface area contributed by atoms with Gasteiger partial charge in [-0.3, -0.25) is 4.99 Å². The molecule has 0 amide bonds. The summed E-state index contributed by atoms with van der Waals surface area (Å²) >= 11 is 0. The van der Waals surface area contributed by atoms with Crippen LogP contribution in [0, 0.1) is 0 Å². The van der Waals surface area contributed by atoms with Crippen molar-refractivity contribution in [3.8, 4) is 5.75 Å². The van der Waals surface area contributed by atoms with E-state index in [1.807, 2.05) is 49.3 Å². The average molecular weight is 392 g/mol. The number of hydrogen-bond donors (Lipinski definition) is 2. The molecule has 152 valence electrons. The van der Waals surface area contributed by atoms with Crippen LogP contribution in [0.15, 0.2) is 59.6 Å². The number of nitrogens with zero attached hydrogens (tertiary/aromatic N) is 3. The van der Waals surface area contributed by atoms with Crippen LogP contribution in [0.3, 0.4) is 0 Å². The predicted octanol–water partition coefficient (Wildman–Crippen LogP) is 3.22. The van der Waals surface area contributed by atoms with Crippen LogP contribution >= 0.6 is 0 Å². The maximum Gasteiger partial charge on any atom is 0.191 e. The van der Waals surface area contributed by atoms with Gasteiger partial charge in [-0.05, 0) is 41.8 Å². The van der Waals surface area contributed by atoms with E-state index in [4.69, 9.17) is 9.72 Å². The number of benzene rings is 2. The van der Waals surface area contributed by atoms with Gasteiger partial charge in [0.05, 0.1) is 12.6 Å². The van der Waals surface area contributed by atoms with Crippen molar-refractivity contribution in [3.05, 3.63) is 65.7 Å². The number of pyridine rings is 1. The van der Waals surface area contributed by atoms with Crippen molar-refractivity contribution in [2.75, 3.05) is 39.7 Å². The molecular formula is C23H29N5O. The molecule has 0 spiro atoms. The Morgan fingerprint density at radius 3 is 2.52 bits per heavy atom. The van der Waals surface area contributed by atoms with E-state index in [2.05, 4.69) is 39.9 Å². The van der Waals surface area contributed by atoms with Gasteiger partial charge in [0.1, 0.15) is 11.6 Å². The lowest BCUT2D eigenvalue weighted by molar-refractivity contribution is 0.414. The topological polar surface area (TPSA) is 61.8 Å². The third kappa shape index (κ3) is 5.38. The molecule has 3 rings (SSSR count). The Morgan fingerprint density at radius 1 is 1.07 bits per heavy atom. The Labute approximate surface area is 172 Å². The summed E-state index contributed by atoms with van der Waals surface area (Å²) in [7, 11) is 7.49. The van der Waals surface area contributed by atoms with E-state index in [9.17, 15) is 0 Å². The summed E-state index contributed by atoms with van der Waals surface area (Å²) in [6.07, 6.45) is 0.910. The van der Waals surface area contributed by atoms with E-state index in [1.165, 1.54) is 11.1 Å². The molecule has 0 saturated carbocycles. The summed E-state index contributed by atoms with van der Waals surface area (Å²) in [4.78, 5) is 11.1. The van der Waals surface area contributed by atoms with Gasteiger partial charge in [0.25, 0.3) is 0 Å². The van der Waals surface area contributed by atoms with Crippen LogP contribution in [-0.4, -0.2) is 45.7 Å². The number of guanidine groups is 1. The van der Waals surface area contributed by atoms with Crippen molar-refractivity contribution >= 4 is 22.7 Å². The normalized spacial score (nSPS) is 11.4. The molecule has 0 aliphatic rings. The summed E-state index contributed by atoms with van der Waals surface area (Å²) in [5.74, 6) is 2.61. The summed E-state index contributed by atoms with van der Waals surface area (Å²) in [5, 5.41) is 7.96. The van der Waals surface area contributed by atoms with Crippen LogP contribution in [0.25, 0.3) is 10.9 Å². The molecule has 2 aromatic carbocycles. The molecule has 1 heterocycles. The first-order valence-corrected chi connectivity index (χ1v) is 9.74. The van der Waals surface area contributed by atoms with Gasteiger partial charge in [0.15, 0.2) is 5.96 Å². The SMILES string of the molecule is CN=C(NCCc1ccc(OC)cc1)NCc1cc(N(C)C)nc2ccccc12. The molecule has 1 aromatic heterocycles. The van der Waals surface area contributed by atoms with Gasteiger partial charge >= 0.3 is 0 Å². The minimum Gasteiger partial charge on any atom is -0.497 e. The van der Waals surface area contributed by atoms with Crippen molar-refractivity contribution in [2.24, 2.45) is 4.99 Å². The van der Waals surface area contributed by atoms with Gasteiger partial charge in [0.2, 0.25) is 0 Å². The zero-order valence-electron chi connectivity index (χ0n) is 17.6. The fourth-order valence-corrected chi connectivity index (χ4v) is 3.12.